The normalized spacial score (nSPS) is 13.5. The first-order valence-corrected chi connectivity index (χ1v) is 8.44. The fourth-order valence-corrected chi connectivity index (χ4v) is 3.10. The van der Waals surface area contributed by atoms with Crippen LogP contribution in [0.2, 0.25) is 0 Å². The van der Waals surface area contributed by atoms with Crippen molar-refractivity contribution in [2.24, 2.45) is 0 Å². The quantitative estimate of drug-likeness (QED) is 0.789. The van der Waals surface area contributed by atoms with Crippen LogP contribution in [0.15, 0.2) is 49.1 Å². The zero-order chi connectivity index (χ0) is 18.1. The van der Waals surface area contributed by atoms with Gasteiger partial charge in [-0.05, 0) is 48.2 Å². The molecule has 2 aromatic carbocycles. The van der Waals surface area contributed by atoms with Gasteiger partial charge in [-0.25, -0.2) is 9.37 Å². The fraction of sp³-hybridized carbons (Fsp3) is 0.200. The van der Waals surface area contributed by atoms with Gasteiger partial charge >= 0.3 is 0 Å². The van der Waals surface area contributed by atoms with Gasteiger partial charge in [-0.2, -0.15) is 0 Å². The standard InChI is InChI=1S/C20H18FN3O2/c1-13-15(11-17-19(18(13)21)26-9-7-23-20(17)25)10-14-2-4-16(5-3-14)24-8-6-22-12-24/h2-6,8,11-12H,7,9-10H2,1H3,(H,23,25). The van der Waals surface area contributed by atoms with Gasteiger partial charge in [0, 0.05) is 18.1 Å². The SMILES string of the molecule is Cc1c(Cc2ccc(-n3ccnc3)cc2)cc2c(c1F)OCCNC2=O. The average Bonchev–Trinajstić information content (AvgIpc) is 3.12. The molecule has 0 unspecified atom stereocenters. The number of fused-ring (bicyclic) bond motifs is 1. The van der Waals surface area contributed by atoms with Gasteiger partial charge in [-0.1, -0.05) is 12.1 Å². The summed E-state index contributed by atoms with van der Waals surface area (Å²) in [4.78, 5) is 16.2. The van der Waals surface area contributed by atoms with Crippen molar-refractivity contribution in [3.05, 3.63) is 77.1 Å². The Morgan fingerprint density at radius 2 is 2.12 bits per heavy atom. The molecule has 6 heteroatoms. The molecular weight excluding hydrogens is 333 g/mol. The average molecular weight is 351 g/mol. The zero-order valence-electron chi connectivity index (χ0n) is 14.3. The summed E-state index contributed by atoms with van der Waals surface area (Å²) in [5, 5.41) is 2.72. The first-order chi connectivity index (χ1) is 12.6. The Kier molecular flexibility index (Phi) is 4.16. The molecule has 1 aromatic heterocycles. The molecule has 0 atom stereocenters. The van der Waals surface area contributed by atoms with Gasteiger partial charge in [0.1, 0.15) is 6.61 Å². The summed E-state index contributed by atoms with van der Waals surface area (Å²) in [6.45, 7) is 2.36. The van der Waals surface area contributed by atoms with Crippen LogP contribution in [0.5, 0.6) is 5.75 Å². The summed E-state index contributed by atoms with van der Waals surface area (Å²) >= 11 is 0. The van der Waals surface area contributed by atoms with Gasteiger partial charge in [0.25, 0.3) is 5.91 Å². The smallest absolute Gasteiger partial charge is 0.255 e. The summed E-state index contributed by atoms with van der Waals surface area (Å²) in [7, 11) is 0. The van der Waals surface area contributed by atoms with E-state index < -0.39 is 5.82 Å². The Labute approximate surface area is 150 Å². The van der Waals surface area contributed by atoms with Crippen molar-refractivity contribution in [3.63, 3.8) is 0 Å². The summed E-state index contributed by atoms with van der Waals surface area (Å²) < 4.78 is 22.1. The van der Waals surface area contributed by atoms with Gasteiger partial charge in [-0.15, -0.1) is 0 Å². The van der Waals surface area contributed by atoms with Crippen LogP contribution in [0.25, 0.3) is 5.69 Å². The number of nitrogens with zero attached hydrogens (tertiary/aromatic N) is 2. The minimum absolute atomic E-state index is 0.0525. The number of amides is 1. The van der Waals surface area contributed by atoms with Crippen LogP contribution < -0.4 is 10.1 Å². The first-order valence-electron chi connectivity index (χ1n) is 8.44. The van der Waals surface area contributed by atoms with Crippen LogP contribution in [-0.2, 0) is 6.42 Å². The van der Waals surface area contributed by atoms with E-state index in [2.05, 4.69) is 10.3 Å². The molecule has 0 spiro atoms. The number of ether oxygens (including phenoxy) is 1. The van der Waals surface area contributed by atoms with Crippen molar-refractivity contribution in [3.8, 4) is 11.4 Å². The molecule has 0 saturated carbocycles. The molecule has 1 aliphatic rings. The Morgan fingerprint density at radius 1 is 1.31 bits per heavy atom. The summed E-state index contributed by atoms with van der Waals surface area (Å²) in [5.74, 6) is -0.700. The minimum atomic E-state index is -0.454. The number of hydrogen-bond acceptors (Lipinski definition) is 3. The molecule has 0 saturated heterocycles. The van der Waals surface area contributed by atoms with Crippen molar-refractivity contribution < 1.29 is 13.9 Å². The lowest BCUT2D eigenvalue weighted by atomic mass is 9.96. The van der Waals surface area contributed by atoms with Gasteiger partial charge in [0.15, 0.2) is 11.6 Å². The Bertz CT molecular complexity index is 950. The van der Waals surface area contributed by atoms with Crippen molar-refractivity contribution in [2.45, 2.75) is 13.3 Å². The van der Waals surface area contributed by atoms with Crippen LogP contribution in [0.1, 0.15) is 27.0 Å². The lowest BCUT2D eigenvalue weighted by Gasteiger charge is -2.14. The monoisotopic (exact) mass is 351 g/mol. The van der Waals surface area contributed by atoms with Crippen molar-refractivity contribution in [1.29, 1.82) is 0 Å². The van der Waals surface area contributed by atoms with E-state index in [-0.39, 0.29) is 23.8 Å². The molecule has 3 aromatic rings. The highest BCUT2D eigenvalue weighted by Gasteiger charge is 2.23. The third-order valence-electron chi connectivity index (χ3n) is 4.59. The predicted octanol–water partition coefficient (Wildman–Crippen LogP) is 3.03. The van der Waals surface area contributed by atoms with Gasteiger partial charge in [0.05, 0.1) is 18.4 Å². The maximum Gasteiger partial charge on any atom is 0.255 e. The highest BCUT2D eigenvalue weighted by atomic mass is 19.1. The summed E-state index contributed by atoms with van der Waals surface area (Å²) in [5.41, 5.74) is 3.58. The molecule has 4 rings (SSSR count). The van der Waals surface area contributed by atoms with Gasteiger partial charge < -0.3 is 14.6 Å². The molecule has 1 aliphatic heterocycles. The number of carbonyl (C=O) groups excluding carboxylic acids is 1. The molecule has 5 nitrogen and oxygen atoms in total. The van der Waals surface area contributed by atoms with E-state index >= 15 is 0 Å². The second-order valence-electron chi connectivity index (χ2n) is 6.27. The predicted molar refractivity (Wildman–Crippen MR) is 95.3 cm³/mol. The zero-order valence-corrected chi connectivity index (χ0v) is 14.3. The van der Waals surface area contributed by atoms with E-state index in [4.69, 9.17) is 4.74 Å². The number of nitrogens with one attached hydrogen (secondary N) is 1. The number of benzene rings is 2. The van der Waals surface area contributed by atoms with Gasteiger partial charge in [-0.3, -0.25) is 4.79 Å². The fourth-order valence-electron chi connectivity index (χ4n) is 3.10. The molecule has 1 N–H and O–H groups in total. The molecule has 132 valence electrons. The van der Waals surface area contributed by atoms with Gasteiger partial charge in [0.2, 0.25) is 0 Å². The molecule has 2 heterocycles. The molecule has 0 radical (unpaired) electrons. The molecule has 1 amide bonds. The van der Waals surface area contributed by atoms with Crippen LogP contribution >= 0.6 is 0 Å². The Hall–Kier alpha value is -3.15. The van der Waals surface area contributed by atoms with Crippen LogP contribution in [-0.4, -0.2) is 28.6 Å². The molecule has 0 aliphatic carbocycles. The third-order valence-corrected chi connectivity index (χ3v) is 4.59. The Morgan fingerprint density at radius 3 is 2.85 bits per heavy atom. The van der Waals surface area contributed by atoms with Crippen molar-refractivity contribution >= 4 is 5.91 Å². The van der Waals surface area contributed by atoms with E-state index in [9.17, 15) is 9.18 Å². The number of carbonyl (C=O) groups is 1. The topological polar surface area (TPSA) is 56.1 Å². The minimum Gasteiger partial charge on any atom is -0.488 e. The molecule has 0 fully saturated rings. The van der Waals surface area contributed by atoms with Crippen LogP contribution in [0, 0.1) is 12.7 Å². The number of halogens is 1. The number of aromatic nitrogens is 2. The Balaban J connectivity index is 1.66. The number of rotatable bonds is 3. The molecule has 0 bridgehead atoms. The van der Waals surface area contributed by atoms with Crippen molar-refractivity contribution in [2.75, 3.05) is 13.2 Å². The maximum atomic E-state index is 14.7. The first kappa shape index (κ1) is 16.3. The van der Waals surface area contributed by atoms with Crippen LogP contribution in [0.3, 0.4) is 0 Å². The summed E-state index contributed by atoms with van der Waals surface area (Å²) in [6, 6.07) is 9.70. The second kappa shape index (κ2) is 6.63. The van der Waals surface area contributed by atoms with Crippen molar-refractivity contribution in [1.82, 2.24) is 14.9 Å². The van der Waals surface area contributed by atoms with E-state index in [0.29, 0.717) is 18.5 Å². The highest BCUT2D eigenvalue weighted by Crippen LogP contribution is 2.31. The largest absolute Gasteiger partial charge is 0.488 e. The summed E-state index contributed by atoms with van der Waals surface area (Å²) in [6.07, 6.45) is 5.87. The highest BCUT2D eigenvalue weighted by molar-refractivity contribution is 5.97. The van der Waals surface area contributed by atoms with E-state index in [0.717, 1.165) is 16.8 Å². The second-order valence-corrected chi connectivity index (χ2v) is 6.27. The molecular formula is C20H18FN3O2. The number of imidazole rings is 1. The third kappa shape index (κ3) is 2.94. The lowest BCUT2D eigenvalue weighted by molar-refractivity contribution is 0.0957. The lowest BCUT2D eigenvalue weighted by Crippen LogP contribution is -2.24. The van der Waals surface area contributed by atoms with E-state index in [1.165, 1.54) is 0 Å². The van der Waals surface area contributed by atoms with E-state index in [1.54, 1.807) is 25.5 Å². The van der Waals surface area contributed by atoms with E-state index in [1.807, 2.05) is 35.0 Å². The maximum absolute atomic E-state index is 14.7. The molecule has 26 heavy (non-hydrogen) atoms. The number of hydrogen-bond donors (Lipinski definition) is 1. The van der Waals surface area contributed by atoms with Crippen LogP contribution in [0.4, 0.5) is 4.39 Å².